The second kappa shape index (κ2) is 37.2. The van der Waals surface area contributed by atoms with Crippen molar-refractivity contribution in [3.8, 4) is 0 Å². The van der Waals surface area contributed by atoms with E-state index in [1.54, 1.807) is 12.1 Å². The van der Waals surface area contributed by atoms with Crippen LogP contribution in [0.1, 0.15) is 157 Å². The molecular weight excluding hydrogens is 767 g/mol. The molecule has 15 heteroatoms. The number of unbranched alkanes of at least 4 members (excludes halogenated alkanes) is 10. The van der Waals surface area contributed by atoms with E-state index >= 15 is 0 Å². The highest BCUT2D eigenvalue weighted by molar-refractivity contribution is 5.96. The van der Waals surface area contributed by atoms with Crippen LogP contribution in [0.25, 0.3) is 10.4 Å². The number of ketones is 4. The first kappa shape index (κ1) is 54.5. The van der Waals surface area contributed by atoms with Gasteiger partial charge in [-0.05, 0) is 75.7 Å². The second-order valence-electron chi connectivity index (χ2n) is 15.9. The number of ether oxygens (including phenoxy) is 3. The van der Waals surface area contributed by atoms with E-state index in [-0.39, 0.29) is 101 Å². The number of azide groups is 1. The van der Waals surface area contributed by atoms with Crippen LogP contribution in [0.5, 0.6) is 0 Å². The van der Waals surface area contributed by atoms with Crippen LogP contribution in [0.15, 0.2) is 29.4 Å². The van der Waals surface area contributed by atoms with Crippen LogP contribution >= 0.6 is 0 Å². The lowest BCUT2D eigenvalue weighted by atomic mass is 9.83. The van der Waals surface area contributed by atoms with Gasteiger partial charge < -0.3 is 36.7 Å². The zero-order valence-electron chi connectivity index (χ0n) is 36.5. The van der Waals surface area contributed by atoms with Crippen molar-refractivity contribution in [2.75, 3.05) is 65.8 Å². The Kier molecular flexibility index (Phi) is 33.8. The Morgan fingerprint density at radius 1 is 0.567 bits per heavy atom. The number of nitrogens with one attached hydrogen (secondary N) is 1. The summed E-state index contributed by atoms with van der Waals surface area (Å²) in [5, 5.41) is 6.37. The molecule has 15 nitrogen and oxygen atoms in total. The van der Waals surface area contributed by atoms with Crippen molar-refractivity contribution in [3.05, 3.63) is 45.8 Å². The molecule has 0 radical (unpaired) electrons. The summed E-state index contributed by atoms with van der Waals surface area (Å²) in [5.74, 6) is 0.255. The fourth-order valence-electron chi connectivity index (χ4n) is 6.69. The van der Waals surface area contributed by atoms with Gasteiger partial charge in [-0.3, -0.25) is 24.0 Å². The van der Waals surface area contributed by atoms with Crippen LogP contribution in [-0.2, 0) is 39.9 Å². The Hall–Kier alpha value is -3.56. The van der Waals surface area contributed by atoms with Gasteiger partial charge in [-0.15, -0.1) is 0 Å². The first-order valence-corrected chi connectivity index (χ1v) is 22.5. The van der Waals surface area contributed by atoms with Gasteiger partial charge in [-0.2, -0.15) is 0 Å². The monoisotopic (exact) mass is 844 g/mol. The first-order valence-electron chi connectivity index (χ1n) is 22.5. The lowest BCUT2D eigenvalue weighted by molar-refractivity contribution is -0.132. The Morgan fingerprint density at radius 3 is 1.52 bits per heavy atom. The predicted octanol–water partition coefficient (Wildman–Crippen LogP) is 7.00. The summed E-state index contributed by atoms with van der Waals surface area (Å²) in [6, 6.07) is 7.24. The molecule has 1 amide bonds. The van der Waals surface area contributed by atoms with Gasteiger partial charge in [0.05, 0.1) is 46.2 Å². The number of carbonyl (C=O) groups is 5. The van der Waals surface area contributed by atoms with Crippen molar-refractivity contribution >= 4 is 29.0 Å². The highest BCUT2D eigenvalue weighted by Crippen LogP contribution is 2.27. The van der Waals surface area contributed by atoms with E-state index in [9.17, 15) is 24.0 Å². The van der Waals surface area contributed by atoms with Gasteiger partial charge in [0, 0.05) is 73.8 Å². The van der Waals surface area contributed by atoms with E-state index in [1.165, 1.54) is 0 Å². The fourth-order valence-corrected chi connectivity index (χ4v) is 6.69. The highest BCUT2D eigenvalue weighted by Gasteiger charge is 2.34. The van der Waals surface area contributed by atoms with Crippen LogP contribution in [0.2, 0.25) is 0 Å². The van der Waals surface area contributed by atoms with Crippen molar-refractivity contribution in [1.29, 1.82) is 0 Å². The molecule has 7 N–H and O–H groups in total. The molecule has 0 bridgehead atoms. The van der Waals surface area contributed by atoms with E-state index in [1.807, 2.05) is 12.1 Å². The molecule has 340 valence electrons. The lowest BCUT2D eigenvalue weighted by Gasteiger charge is -2.33. The van der Waals surface area contributed by atoms with Gasteiger partial charge in [0.15, 0.2) is 5.78 Å². The van der Waals surface area contributed by atoms with Gasteiger partial charge in [-0.1, -0.05) is 74.3 Å². The first-order chi connectivity index (χ1) is 29.2. The Bertz CT molecular complexity index is 1300. The number of nitrogens with two attached hydrogens (primary N) is 3. The molecule has 0 aliphatic carbocycles. The molecule has 0 saturated heterocycles. The van der Waals surface area contributed by atoms with Crippen LogP contribution in [0, 0.1) is 5.41 Å². The van der Waals surface area contributed by atoms with Gasteiger partial charge in [0.2, 0.25) is 5.91 Å². The van der Waals surface area contributed by atoms with E-state index < -0.39 is 5.41 Å². The van der Waals surface area contributed by atoms with Gasteiger partial charge in [0.25, 0.3) is 0 Å². The molecule has 0 atom stereocenters. The van der Waals surface area contributed by atoms with E-state index in [0.717, 1.165) is 89.0 Å². The fraction of sp³-hybridized carbons (Fsp3) is 0.756. The molecule has 0 heterocycles. The Balaban J connectivity index is 2.64. The number of Topliss-reactive ketones (excluding diaryl/α,β-unsaturated/α-hetero) is 4. The number of benzene rings is 1. The number of amides is 1. The minimum Gasteiger partial charge on any atom is -0.380 e. The Labute approximate surface area is 359 Å². The van der Waals surface area contributed by atoms with Crippen molar-refractivity contribution in [3.63, 3.8) is 0 Å². The third-order valence-corrected chi connectivity index (χ3v) is 10.3. The molecule has 0 aliphatic rings. The maximum atomic E-state index is 13.5. The summed E-state index contributed by atoms with van der Waals surface area (Å²) in [6.07, 6.45) is 15.4. The largest absolute Gasteiger partial charge is 0.380 e. The molecule has 1 aromatic carbocycles. The summed E-state index contributed by atoms with van der Waals surface area (Å²) < 4.78 is 18.2. The number of rotatable bonds is 43. The second-order valence-corrected chi connectivity index (χ2v) is 15.9. The van der Waals surface area contributed by atoms with Crippen molar-refractivity contribution in [2.45, 2.75) is 148 Å². The molecule has 0 fully saturated rings. The smallest absolute Gasteiger partial charge is 0.222 e. The summed E-state index contributed by atoms with van der Waals surface area (Å²) in [5.41, 5.74) is 25.8. The maximum Gasteiger partial charge on any atom is 0.222 e. The Morgan fingerprint density at radius 2 is 1.02 bits per heavy atom. The molecule has 0 spiro atoms. The van der Waals surface area contributed by atoms with Crippen LogP contribution in [0.4, 0.5) is 0 Å². The van der Waals surface area contributed by atoms with Crippen molar-refractivity contribution < 1.29 is 38.2 Å². The number of nitrogens with zero attached hydrogens (tertiary/aromatic N) is 3. The van der Waals surface area contributed by atoms with Gasteiger partial charge in [-0.25, -0.2) is 0 Å². The average Bonchev–Trinajstić information content (AvgIpc) is 3.24. The van der Waals surface area contributed by atoms with E-state index in [0.29, 0.717) is 63.8 Å². The van der Waals surface area contributed by atoms with Crippen molar-refractivity contribution in [2.24, 2.45) is 27.7 Å². The highest BCUT2D eigenvalue weighted by atomic mass is 16.5. The molecule has 1 aromatic rings. The van der Waals surface area contributed by atoms with E-state index in [2.05, 4.69) is 15.3 Å². The molecule has 1 rings (SSSR count). The standard InChI is InChI=1S/C45H77N7O8/c46-26-12-10-15-40(53)23-30-58-35-45(36-59-31-24-41(54)16-11-13-27-47,37-60-32-25-44(57)50-29-14-28-48)33-42(55)17-8-6-4-2-1-3-5-7-9-18-43(56)39-21-19-38(20-22-39)34-51-52-49/h19-22H,1-18,23-37,46-48H2,(H,50,57). The topological polar surface area (TPSA) is 252 Å². The third kappa shape index (κ3) is 29.6. The number of carbonyl (C=O) groups excluding carboxylic acids is 5. The average molecular weight is 844 g/mol. The summed E-state index contributed by atoms with van der Waals surface area (Å²) in [6.45, 7) is 3.28. The quantitative estimate of drug-likeness (QED) is 0.0171. The summed E-state index contributed by atoms with van der Waals surface area (Å²) in [7, 11) is 0. The number of hydrogen-bond acceptors (Lipinski definition) is 12. The zero-order chi connectivity index (χ0) is 43.9. The summed E-state index contributed by atoms with van der Waals surface area (Å²) in [4.78, 5) is 65.9. The minimum absolute atomic E-state index is 0.0692. The molecule has 0 aliphatic heterocycles. The zero-order valence-corrected chi connectivity index (χ0v) is 36.5. The molecule has 0 saturated carbocycles. The van der Waals surface area contributed by atoms with Gasteiger partial charge in [0.1, 0.15) is 17.3 Å². The maximum absolute atomic E-state index is 13.5. The van der Waals surface area contributed by atoms with Crippen LogP contribution < -0.4 is 22.5 Å². The lowest BCUT2D eigenvalue weighted by Crippen LogP contribution is -2.40. The van der Waals surface area contributed by atoms with Crippen LogP contribution in [0.3, 0.4) is 0 Å². The minimum atomic E-state index is -0.860. The van der Waals surface area contributed by atoms with Gasteiger partial charge >= 0.3 is 0 Å². The normalized spacial score (nSPS) is 11.3. The predicted molar refractivity (Wildman–Crippen MR) is 235 cm³/mol. The molecule has 0 unspecified atom stereocenters. The molecule has 60 heavy (non-hydrogen) atoms. The summed E-state index contributed by atoms with van der Waals surface area (Å²) >= 11 is 0. The van der Waals surface area contributed by atoms with Crippen LogP contribution in [-0.4, -0.2) is 94.9 Å². The van der Waals surface area contributed by atoms with E-state index in [4.69, 9.17) is 36.9 Å². The SMILES string of the molecule is [N-]=[N+]=NCc1ccc(C(=O)CCCCCCCCCCCC(=O)CC(COCCC(=O)CCCCN)(COCCC(=O)CCCCN)COCCC(=O)NCCCN)cc1. The molecule has 0 aromatic heterocycles. The molecular formula is C45H77N7O8. The van der Waals surface area contributed by atoms with Crippen molar-refractivity contribution in [1.82, 2.24) is 5.32 Å². The third-order valence-electron chi connectivity index (χ3n) is 10.3. The number of hydrogen-bond donors (Lipinski definition) is 4.